The zero-order chi connectivity index (χ0) is 19.5. The van der Waals surface area contributed by atoms with Gasteiger partial charge in [-0.25, -0.2) is 9.36 Å². The summed E-state index contributed by atoms with van der Waals surface area (Å²) in [5.41, 5.74) is 9.43. The van der Waals surface area contributed by atoms with Crippen LogP contribution in [0.5, 0.6) is 0 Å². The van der Waals surface area contributed by atoms with Crippen molar-refractivity contribution in [3.8, 4) is 23.0 Å². The molecule has 0 saturated heterocycles. The van der Waals surface area contributed by atoms with Gasteiger partial charge in [0.2, 0.25) is 0 Å². The normalized spacial score (nSPS) is 11.0. The van der Waals surface area contributed by atoms with Crippen molar-refractivity contribution in [1.82, 2.24) is 19.6 Å². The molecule has 4 rings (SSSR count). The number of rotatable bonds is 4. The molecule has 8 heteroatoms. The minimum atomic E-state index is 0.335. The van der Waals surface area contributed by atoms with Gasteiger partial charge in [-0.05, 0) is 12.1 Å². The summed E-state index contributed by atoms with van der Waals surface area (Å²) in [4.78, 5) is 0. The van der Waals surface area contributed by atoms with Gasteiger partial charge in [0, 0.05) is 12.6 Å². The van der Waals surface area contributed by atoms with Crippen LogP contribution in [0.2, 0.25) is 0 Å². The fraction of sp³-hybridized carbons (Fsp3) is 0.0500. The lowest BCUT2D eigenvalue weighted by Gasteiger charge is -2.02. The maximum absolute atomic E-state index is 9.22. The summed E-state index contributed by atoms with van der Waals surface area (Å²) < 4.78 is 3.12. The van der Waals surface area contributed by atoms with E-state index in [9.17, 15) is 5.26 Å². The van der Waals surface area contributed by atoms with Gasteiger partial charge in [-0.3, -0.25) is 0 Å². The average molecular weight is 368 g/mol. The maximum Gasteiger partial charge on any atom is 0.190 e. The third-order valence-corrected chi connectivity index (χ3v) is 4.22. The molecule has 0 spiro atoms. The van der Waals surface area contributed by atoms with Crippen LogP contribution >= 0.6 is 0 Å². The van der Waals surface area contributed by atoms with Gasteiger partial charge < -0.3 is 5.73 Å². The number of para-hydroxylation sites is 1. The van der Waals surface area contributed by atoms with E-state index in [1.807, 2.05) is 60.7 Å². The Kier molecular flexibility index (Phi) is 4.40. The Hall–Kier alpha value is -4.25. The highest BCUT2D eigenvalue weighted by atomic mass is 15.4. The van der Waals surface area contributed by atoms with Crippen molar-refractivity contribution in [2.24, 2.45) is 17.3 Å². The van der Waals surface area contributed by atoms with Gasteiger partial charge in [0.1, 0.15) is 17.3 Å². The van der Waals surface area contributed by atoms with Gasteiger partial charge in [-0.15, -0.1) is 10.2 Å². The van der Waals surface area contributed by atoms with Crippen molar-refractivity contribution < 1.29 is 0 Å². The van der Waals surface area contributed by atoms with E-state index in [-0.39, 0.29) is 0 Å². The molecule has 0 radical (unpaired) electrons. The second-order valence-electron chi connectivity index (χ2n) is 6.01. The van der Waals surface area contributed by atoms with Crippen LogP contribution in [0.15, 0.2) is 77.1 Å². The number of nitrogen functional groups attached to an aromatic ring is 1. The first-order chi connectivity index (χ1) is 13.7. The first kappa shape index (κ1) is 17.2. The summed E-state index contributed by atoms with van der Waals surface area (Å²) in [5, 5.41) is 26.5. The zero-order valence-corrected chi connectivity index (χ0v) is 15.1. The molecule has 0 fully saturated rings. The van der Waals surface area contributed by atoms with E-state index in [1.54, 1.807) is 11.7 Å². The quantitative estimate of drug-likeness (QED) is 0.546. The van der Waals surface area contributed by atoms with Gasteiger partial charge in [0.25, 0.3) is 0 Å². The minimum Gasteiger partial charge on any atom is -0.382 e. The van der Waals surface area contributed by atoms with Crippen LogP contribution in [-0.4, -0.2) is 19.6 Å². The Balaban J connectivity index is 1.88. The number of azo groups is 1. The summed E-state index contributed by atoms with van der Waals surface area (Å²) in [5.74, 6) is 0.711. The van der Waals surface area contributed by atoms with Crippen LogP contribution < -0.4 is 5.73 Å². The molecule has 8 nitrogen and oxygen atoms in total. The summed E-state index contributed by atoms with van der Waals surface area (Å²) in [6.45, 7) is 0. The minimum absolute atomic E-state index is 0.335. The van der Waals surface area contributed by atoms with Gasteiger partial charge in [0.15, 0.2) is 17.3 Å². The summed E-state index contributed by atoms with van der Waals surface area (Å²) in [6.07, 6.45) is 1.45. The molecule has 0 saturated carbocycles. The number of aryl methyl sites for hydroxylation is 1. The average Bonchev–Trinajstić information content (AvgIpc) is 3.27. The molecule has 136 valence electrons. The molecule has 2 N–H and O–H groups in total. The lowest BCUT2D eigenvalue weighted by molar-refractivity contribution is 0.764. The number of hydrogen-bond donors (Lipinski definition) is 1. The number of nitrogens with zero attached hydrogens (tertiary/aromatic N) is 7. The van der Waals surface area contributed by atoms with E-state index in [0.717, 1.165) is 11.3 Å². The van der Waals surface area contributed by atoms with Crippen LogP contribution in [0.25, 0.3) is 16.9 Å². The molecule has 2 aromatic heterocycles. The predicted molar refractivity (Wildman–Crippen MR) is 106 cm³/mol. The third kappa shape index (κ3) is 3.01. The Morgan fingerprint density at radius 3 is 2.36 bits per heavy atom. The van der Waals surface area contributed by atoms with Crippen LogP contribution in [-0.2, 0) is 7.05 Å². The second kappa shape index (κ2) is 7.17. The molecular weight excluding hydrogens is 352 g/mol. The SMILES string of the molecule is Cn1ncc(C#N)c1/N=N/c1c(-c2ccccc2)nn(-c2ccccc2)c1N. The smallest absolute Gasteiger partial charge is 0.190 e. The Bertz CT molecular complexity index is 1180. The Labute approximate surface area is 161 Å². The van der Waals surface area contributed by atoms with Crippen LogP contribution in [0.4, 0.5) is 17.3 Å². The second-order valence-corrected chi connectivity index (χ2v) is 6.01. The maximum atomic E-state index is 9.22. The molecule has 0 unspecified atom stereocenters. The van der Waals surface area contributed by atoms with E-state index in [1.165, 1.54) is 10.9 Å². The van der Waals surface area contributed by atoms with Gasteiger partial charge in [-0.2, -0.15) is 15.5 Å². The van der Waals surface area contributed by atoms with Gasteiger partial charge in [0.05, 0.1) is 11.9 Å². The van der Waals surface area contributed by atoms with Crippen LogP contribution in [0.1, 0.15) is 5.56 Å². The highest BCUT2D eigenvalue weighted by molar-refractivity contribution is 5.80. The number of anilines is 1. The van der Waals surface area contributed by atoms with Gasteiger partial charge >= 0.3 is 0 Å². The first-order valence-electron chi connectivity index (χ1n) is 8.52. The molecule has 2 heterocycles. The molecule has 28 heavy (non-hydrogen) atoms. The first-order valence-corrected chi connectivity index (χ1v) is 8.52. The summed E-state index contributed by atoms with van der Waals surface area (Å²) in [6, 6.07) is 21.3. The van der Waals surface area contributed by atoms with Crippen molar-refractivity contribution in [3.05, 3.63) is 72.4 Å². The predicted octanol–water partition coefficient (Wildman–Crippen LogP) is 4.14. The van der Waals surface area contributed by atoms with Crippen molar-refractivity contribution in [2.45, 2.75) is 0 Å². The highest BCUT2D eigenvalue weighted by Crippen LogP contribution is 2.37. The van der Waals surface area contributed by atoms with Gasteiger partial charge in [-0.1, -0.05) is 48.5 Å². The standard InChI is InChI=1S/C20H16N8/c1-27-20(15(12-21)13-23-27)25-24-18-17(14-8-4-2-5-9-14)26-28(19(18)22)16-10-6-3-7-11-16/h2-11,13H,22H2,1H3/b25-24+. The van der Waals surface area contributed by atoms with Crippen LogP contribution in [0.3, 0.4) is 0 Å². The molecule has 0 bridgehead atoms. The molecule has 4 aromatic rings. The third-order valence-electron chi connectivity index (χ3n) is 4.22. The summed E-state index contributed by atoms with van der Waals surface area (Å²) >= 11 is 0. The van der Waals surface area contributed by atoms with E-state index in [0.29, 0.717) is 28.6 Å². The van der Waals surface area contributed by atoms with E-state index >= 15 is 0 Å². The van der Waals surface area contributed by atoms with Crippen LogP contribution in [0, 0.1) is 11.3 Å². The lowest BCUT2D eigenvalue weighted by atomic mass is 10.1. The number of hydrogen-bond acceptors (Lipinski definition) is 6. The molecule has 0 amide bonds. The van der Waals surface area contributed by atoms with Crippen molar-refractivity contribution >= 4 is 17.3 Å². The van der Waals surface area contributed by atoms with Crippen molar-refractivity contribution in [2.75, 3.05) is 5.73 Å². The molecule has 0 aliphatic carbocycles. The van der Waals surface area contributed by atoms with E-state index < -0.39 is 0 Å². The Morgan fingerprint density at radius 1 is 1.00 bits per heavy atom. The number of aromatic nitrogens is 4. The number of benzene rings is 2. The molecule has 0 aliphatic heterocycles. The lowest BCUT2D eigenvalue weighted by Crippen LogP contribution is -2.01. The fourth-order valence-electron chi connectivity index (χ4n) is 2.80. The van der Waals surface area contributed by atoms with E-state index in [2.05, 4.69) is 26.5 Å². The largest absolute Gasteiger partial charge is 0.382 e. The van der Waals surface area contributed by atoms with Crippen molar-refractivity contribution in [1.29, 1.82) is 5.26 Å². The Morgan fingerprint density at radius 2 is 1.68 bits per heavy atom. The topological polar surface area (TPSA) is 110 Å². The highest BCUT2D eigenvalue weighted by Gasteiger charge is 2.19. The monoisotopic (exact) mass is 368 g/mol. The molecular formula is C20H16N8. The summed E-state index contributed by atoms with van der Waals surface area (Å²) in [7, 11) is 1.70. The molecule has 2 aromatic carbocycles. The van der Waals surface area contributed by atoms with Crippen molar-refractivity contribution in [3.63, 3.8) is 0 Å². The zero-order valence-electron chi connectivity index (χ0n) is 15.1. The fourth-order valence-corrected chi connectivity index (χ4v) is 2.80. The number of nitrogens with two attached hydrogens (primary N) is 1. The number of nitriles is 1. The van der Waals surface area contributed by atoms with E-state index in [4.69, 9.17) is 5.73 Å². The molecule has 0 aliphatic rings. The molecule has 0 atom stereocenters.